The van der Waals surface area contributed by atoms with E-state index in [1.807, 2.05) is 24.3 Å². The van der Waals surface area contributed by atoms with Crippen LogP contribution in [0.15, 0.2) is 42.6 Å². The van der Waals surface area contributed by atoms with Crippen molar-refractivity contribution in [3.8, 4) is 5.88 Å². The van der Waals surface area contributed by atoms with E-state index >= 15 is 0 Å². The molecule has 3 rings (SSSR count). The molecular weight excluding hydrogens is 320 g/mol. The minimum Gasteiger partial charge on any atom is -0.474 e. The van der Waals surface area contributed by atoms with Gasteiger partial charge in [-0.05, 0) is 30.2 Å². The van der Waals surface area contributed by atoms with Crippen LogP contribution in [0.2, 0.25) is 0 Å². The molecule has 0 atom stereocenters. The molecule has 1 aromatic carbocycles. The van der Waals surface area contributed by atoms with Crippen LogP contribution in [0.25, 0.3) is 0 Å². The summed E-state index contributed by atoms with van der Waals surface area (Å²) in [6.07, 6.45) is 3.96. The Labute approximate surface area is 146 Å². The van der Waals surface area contributed by atoms with Gasteiger partial charge in [-0.15, -0.1) is 0 Å². The standard InChI is InChI=1S/C19H22N2O4/c22-10-7-14-1-4-16(5-2-14)21-19(23)15-3-6-18(20-13-15)25-17-8-11-24-12-9-17/h1-6,13,17,22H,7-12H2,(H,21,23). The molecule has 0 aliphatic carbocycles. The Balaban J connectivity index is 1.56. The van der Waals surface area contributed by atoms with Gasteiger partial charge < -0.3 is 19.9 Å². The second-order valence-electron chi connectivity index (χ2n) is 5.94. The van der Waals surface area contributed by atoms with Crippen molar-refractivity contribution in [2.45, 2.75) is 25.4 Å². The third-order valence-corrected chi connectivity index (χ3v) is 4.07. The number of hydrogen-bond acceptors (Lipinski definition) is 5. The van der Waals surface area contributed by atoms with E-state index in [1.54, 1.807) is 12.1 Å². The van der Waals surface area contributed by atoms with Crippen LogP contribution in [-0.2, 0) is 11.2 Å². The number of carbonyl (C=O) groups excluding carboxylic acids is 1. The lowest BCUT2D eigenvalue weighted by molar-refractivity contribution is 0.0237. The molecule has 1 aliphatic heterocycles. The summed E-state index contributed by atoms with van der Waals surface area (Å²) >= 11 is 0. The van der Waals surface area contributed by atoms with Crippen LogP contribution in [0.4, 0.5) is 5.69 Å². The summed E-state index contributed by atoms with van der Waals surface area (Å²) in [5.74, 6) is 0.303. The number of aromatic nitrogens is 1. The van der Waals surface area contributed by atoms with Crippen molar-refractivity contribution in [3.05, 3.63) is 53.7 Å². The predicted octanol–water partition coefficient (Wildman–Crippen LogP) is 2.43. The molecule has 0 saturated carbocycles. The number of nitrogens with zero attached hydrogens (tertiary/aromatic N) is 1. The van der Waals surface area contributed by atoms with Gasteiger partial charge in [-0.25, -0.2) is 4.98 Å². The van der Waals surface area contributed by atoms with Crippen LogP contribution in [0.1, 0.15) is 28.8 Å². The van der Waals surface area contributed by atoms with Gasteiger partial charge in [0, 0.05) is 37.4 Å². The van der Waals surface area contributed by atoms with Crippen LogP contribution in [0.5, 0.6) is 5.88 Å². The zero-order chi connectivity index (χ0) is 17.5. The molecule has 1 saturated heterocycles. The van der Waals surface area contributed by atoms with E-state index in [4.69, 9.17) is 14.6 Å². The van der Waals surface area contributed by atoms with Crippen LogP contribution >= 0.6 is 0 Å². The zero-order valence-corrected chi connectivity index (χ0v) is 14.0. The lowest BCUT2D eigenvalue weighted by Crippen LogP contribution is -2.26. The number of aliphatic hydroxyl groups excluding tert-OH is 1. The third-order valence-electron chi connectivity index (χ3n) is 4.07. The molecule has 1 fully saturated rings. The highest BCUT2D eigenvalue weighted by Crippen LogP contribution is 2.17. The summed E-state index contributed by atoms with van der Waals surface area (Å²) in [4.78, 5) is 16.5. The first-order valence-corrected chi connectivity index (χ1v) is 8.46. The number of carbonyl (C=O) groups is 1. The van der Waals surface area contributed by atoms with Crippen molar-refractivity contribution in [2.75, 3.05) is 25.1 Å². The molecule has 1 aromatic heterocycles. The number of pyridine rings is 1. The van der Waals surface area contributed by atoms with E-state index in [0.717, 1.165) is 18.4 Å². The molecule has 0 spiro atoms. The van der Waals surface area contributed by atoms with Gasteiger partial charge in [-0.3, -0.25) is 4.79 Å². The number of amides is 1. The lowest BCUT2D eigenvalue weighted by atomic mass is 10.1. The van der Waals surface area contributed by atoms with Crippen LogP contribution < -0.4 is 10.1 Å². The maximum atomic E-state index is 12.3. The number of nitrogens with one attached hydrogen (secondary N) is 1. The van der Waals surface area contributed by atoms with Gasteiger partial charge in [0.05, 0.1) is 18.8 Å². The first-order chi connectivity index (χ1) is 12.2. The molecule has 2 heterocycles. The fourth-order valence-corrected chi connectivity index (χ4v) is 2.64. The Hall–Kier alpha value is -2.44. The molecule has 25 heavy (non-hydrogen) atoms. The van der Waals surface area contributed by atoms with E-state index in [1.165, 1.54) is 6.20 Å². The van der Waals surface area contributed by atoms with Crippen LogP contribution in [0.3, 0.4) is 0 Å². The Morgan fingerprint density at radius 3 is 2.60 bits per heavy atom. The Morgan fingerprint density at radius 2 is 1.96 bits per heavy atom. The number of ether oxygens (including phenoxy) is 2. The van der Waals surface area contributed by atoms with Gasteiger partial charge >= 0.3 is 0 Å². The van der Waals surface area contributed by atoms with Gasteiger partial charge in [-0.2, -0.15) is 0 Å². The topological polar surface area (TPSA) is 80.7 Å². The minimum atomic E-state index is -0.222. The number of aliphatic hydroxyl groups is 1. The molecule has 0 bridgehead atoms. The van der Waals surface area contributed by atoms with E-state index in [-0.39, 0.29) is 18.6 Å². The summed E-state index contributed by atoms with van der Waals surface area (Å²) in [5, 5.41) is 11.7. The summed E-state index contributed by atoms with van der Waals surface area (Å²) in [5.41, 5.74) is 2.20. The maximum Gasteiger partial charge on any atom is 0.257 e. The Bertz CT molecular complexity index is 680. The van der Waals surface area contributed by atoms with Gasteiger partial charge in [0.1, 0.15) is 6.10 Å². The van der Waals surface area contributed by atoms with Gasteiger partial charge in [0.25, 0.3) is 5.91 Å². The fourth-order valence-electron chi connectivity index (χ4n) is 2.64. The summed E-state index contributed by atoms with van der Waals surface area (Å²) in [7, 11) is 0. The molecule has 0 unspecified atom stereocenters. The van der Waals surface area contributed by atoms with Crippen molar-refractivity contribution in [2.24, 2.45) is 0 Å². The molecule has 132 valence electrons. The summed E-state index contributed by atoms with van der Waals surface area (Å²) in [6.45, 7) is 1.53. The smallest absolute Gasteiger partial charge is 0.257 e. The van der Waals surface area contributed by atoms with Gasteiger partial charge in [0.15, 0.2) is 0 Å². The van der Waals surface area contributed by atoms with Crippen molar-refractivity contribution in [3.63, 3.8) is 0 Å². The molecule has 6 nitrogen and oxygen atoms in total. The van der Waals surface area contributed by atoms with Gasteiger partial charge in [-0.1, -0.05) is 12.1 Å². The monoisotopic (exact) mass is 342 g/mol. The van der Waals surface area contributed by atoms with Crippen molar-refractivity contribution in [1.29, 1.82) is 0 Å². The van der Waals surface area contributed by atoms with Crippen molar-refractivity contribution >= 4 is 11.6 Å². The number of hydrogen-bond donors (Lipinski definition) is 2. The molecule has 2 N–H and O–H groups in total. The summed E-state index contributed by atoms with van der Waals surface area (Å²) < 4.78 is 11.1. The highest BCUT2D eigenvalue weighted by Gasteiger charge is 2.16. The van der Waals surface area contributed by atoms with E-state index in [9.17, 15) is 4.79 Å². The fraction of sp³-hybridized carbons (Fsp3) is 0.368. The van der Waals surface area contributed by atoms with E-state index < -0.39 is 0 Å². The first-order valence-electron chi connectivity index (χ1n) is 8.46. The highest BCUT2D eigenvalue weighted by atomic mass is 16.5. The largest absolute Gasteiger partial charge is 0.474 e. The second kappa shape index (κ2) is 8.60. The molecule has 1 aliphatic rings. The lowest BCUT2D eigenvalue weighted by Gasteiger charge is -2.22. The average Bonchev–Trinajstić information content (AvgIpc) is 2.65. The molecule has 1 amide bonds. The zero-order valence-electron chi connectivity index (χ0n) is 14.0. The quantitative estimate of drug-likeness (QED) is 0.843. The molecular formula is C19H22N2O4. The van der Waals surface area contributed by atoms with E-state index in [0.29, 0.717) is 36.8 Å². The number of rotatable bonds is 6. The maximum absolute atomic E-state index is 12.3. The average molecular weight is 342 g/mol. The highest BCUT2D eigenvalue weighted by molar-refractivity contribution is 6.04. The van der Waals surface area contributed by atoms with Crippen molar-refractivity contribution in [1.82, 2.24) is 4.98 Å². The summed E-state index contributed by atoms with van der Waals surface area (Å²) in [6, 6.07) is 10.8. The molecule has 2 aromatic rings. The van der Waals surface area contributed by atoms with Crippen LogP contribution in [0, 0.1) is 0 Å². The Kier molecular flexibility index (Phi) is 5.98. The third kappa shape index (κ3) is 5.01. The second-order valence-corrected chi connectivity index (χ2v) is 5.94. The number of anilines is 1. The van der Waals surface area contributed by atoms with Crippen molar-refractivity contribution < 1.29 is 19.4 Å². The Morgan fingerprint density at radius 1 is 1.20 bits per heavy atom. The predicted molar refractivity (Wildman–Crippen MR) is 93.9 cm³/mol. The SMILES string of the molecule is O=C(Nc1ccc(CCO)cc1)c1ccc(OC2CCOCC2)nc1. The van der Waals surface area contributed by atoms with Crippen LogP contribution in [-0.4, -0.2) is 41.9 Å². The van der Waals surface area contributed by atoms with E-state index in [2.05, 4.69) is 10.3 Å². The van der Waals surface area contributed by atoms with Gasteiger partial charge in [0.2, 0.25) is 5.88 Å². The number of benzene rings is 1. The first kappa shape index (κ1) is 17.4. The minimum absolute atomic E-state index is 0.111. The normalized spacial score (nSPS) is 14.9. The molecule has 0 radical (unpaired) electrons. The molecule has 6 heteroatoms.